The Morgan fingerprint density at radius 3 is 2.57 bits per heavy atom. The van der Waals surface area contributed by atoms with Crippen LogP contribution < -0.4 is 10.6 Å². The van der Waals surface area contributed by atoms with Gasteiger partial charge in [0, 0.05) is 42.9 Å². The second-order valence-corrected chi connectivity index (χ2v) is 8.03. The van der Waals surface area contributed by atoms with E-state index in [1.165, 1.54) is 49.6 Å². The Morgan fingerprint density at radius 2 is 1.93 bits per heavy atom. The highest BCUT2D eigenvalue weighted by molar-refractivity contribution is 7.99. The van der Waals surface area contributed by atoms with E-state index in [9.17, 15) is 14.9 Å². The molecule has 1 aromatic heterocycles. The second kappa shape index (κ2) is 8.17. The van der Waals surface area contributed by atoms with E-state index in [1.54, 1.807) is 12.1 Å². The van der Waals surface area contributed by atoms with E-state index in [-0.39, 0.29) is 11.6 Å². The van der Waals surface area contributed by atoms with Crippen molar-refractivity contribution in [2.45, 2.75) is 42.8 Å². The maximum atomic E-state index is 12.1. The third-order valence-corrected chi connectivity index (χ3v) is 5.68. The lowest BCUT2D eigenvalue weighted by atomic mass is 10.3. The number of nitrogens with one attached hydrogen (secondary N) is 2. The number of rotatable bonds is 10. The molecule has 2 N–H and O–H groups in total. The van der Waals surface area contributed by atoms with Crippen LogP contribution in [-0.2, 0) is 4.79 Å². The van der Waals surface area contributed by atoms with E-state index in [0.717, 1.165) is 16.7 Å². The maximum absolute atomic E-state index is 12.1. The Balaban J connectivity index is 1.19. The molecule has 10 heteroatoms. The van der Waals surface area contributed by atoms with Crippen molar-refractivity contribution in [1.82, 2.24) is 20.1 Å². The minimum atomic E-state index is -0.431. The number of hydrogen-bond donors (Lipinski definition) is 2. The third kappa shape index (κ3) is 4.61. The Hall–Kier alpha value is -2.62. The lowest BCUT2D eigenvalue weighted by molar-refractivity contribution is -0.384. The van der Waals surface area contributed by atoms with Gasteiger partial charge in [0.2, 0.25) is 5.91 Å². The van der Waals surface area contributed by atoms with E-state index in [4.69, 9.17) is 0 Å². The van der Waals surface area contributed by atoms with Crippen LogP contribution in [0.3, 0.4) is 0 Å². The molecule has 0 bridgehead atoms. The molecule has 0 unspecified atom stereocenters. The van der Waals surface area contributed by atoms with Crippen molar-refractivity contribution in [3.05, 3.63) is 40.2 Å². The number of anilines is 1. The van der Waals surface area contributed by atoms with Crippen molar-refractivity contribution in [2.75, 3.05) is 24.2 Å². The zero-order chi connectivity index (χ0) is 19.5. The van der Waals surface area contributed by atoms with Crippen molar-refractivity contribution >= 4 is 29.0 Å². The Morgan fingerprint density at radius 1 is 1.18 bits per heavy atom. The van der Waals surface area contributed by atoms with Gasteiger partial charge in [-0.1, -0.05) is 11.8 Å². The van der Waals surface area contributed by atoms with Crippen LogP contribution >= 0.6 is 11.8 Å². The largest absolute Gasteiger partial charge is 0.383 e. The summed E-state index contributed by atoms with van der Waals surface area (Å²) in [5.74, 6) is 1.92. The first-order valence-electron chi connectivity index (χ1n) is 9.44. The van der Waals surface area contributed by atoms with Gasteiger partial charge in [-0.15, -0.1) is 10.2 Å². The molecular weight excluding hydrogens is 380 g/mol. The first kappa shape index (κ1) is 18.7. The van der Waals surface area contributed by atoms with Crippen molar-refractivity contribution < 1.29 is 9.72 Å². The van der Waals surface area contributed by atoms with E-state index in [0.29, 0.717) is 30.8 Å². The molecule has 1 amide bonds. The fraction of sp³-hybridized carbons (Fsp3) is 0.500. The molecule has 2 aliphatic carbocycles. The first-order valence-corrected chi connectivity index (χ1v) is 10.4. The molecule has 0 radical (unpaired) electrons. The molecule has 148 valence electrons. The summed E-state index contributed by atoms with van der Waals surface area (Å²) in [5, 5.41) is 26.1. The monoisotopic (exact) mass is 402 g/mol. The minimum Gasteiger partial charge on any atom is -0.383 e. The molecule has 4 rings (SSSR count). The Kier molecular flexibility index (Phi) is 5.47. The van der Waals surface area contributed by atoms with Crippen LogP contribution in [0.1, 0.15) is 43.5 Å². The average Bonchev–Trinajstić information content (AvgIpc) is 3.62. The highest BCUT2D eigenvalue weighted by Crippen LogP contribution is 2.45. The predicted molar refractivity (Wildman–Crippen MR) is 106 cm³/mol. The van der Waals surface area contributed by atoms with Crippen molar-refractivity contribution in [2.24, 2.45) is 0 Å². The molecule has 2 fully saturated rings. The Labute approximate surface area is 166 Å². The molecule has 1 heterocycles. The average molecular weight is 402 g/mol. The minimum absolute atomic E-state index is 0.0474. The fourth-order valence-electron chi connectivity index (χ4n) is 2.97. The normalized spacial score (nSPS) is 16.0. The highest BCUT2D eigenvalue weighted by atomic mass is 32.2. The van der Waals surface area contributed by atoms with E-state index in [2.05, 4.69) is 25.4 Å². The first-order chi connectivity index (χ1) is 13.6. The third-order valence-electron chi connectivity index (χ3n) is 4.73. The number of benzene rings is 1. The van der Waals surface area contributed by atoms with Crippen molar-refractivity contribution in [3.63, 3.8) is 0 Å². The number of nitro benzene ring substituents is 1. The number of carbonyl (C=O) groups excluding carboxylic acids is 1. The number of nitrogens with zero attached hydrogens (tertiary/aromatic N) is 4. The molecule has 28 heavy (non-hydrogen) atoms. The number of aromatic nitrogens is 3. The summed E-state index contributed by atoms with van der Waals surface area (Å²) in [6, 6.07) is 6.71. The summed E-state index contributed by atoms with van der Waals surface area (Å²) in [5.41, 5.74) is 0.833. The maximum Gasteiger partial charge on any atom is 0.269 e. The molecule has 0 atom stereocenters. The van der Waals surface area contributed by atoms with E-state index >= 15 is 0 Å². The van der Waals surface area contributed by atoms with E-state index < -0.39 is 4.92 Å². The van der Waals surface area contributed by atoms with Gasteiger partial charge in [-0.25, -0.2) is 0 Å². The molecule has 2 aromatic rings. The SMILES string of the molecule is O=C(CSc1nnc(C2CC2)n1C1CC1)NCCNc1ccc([N+](=O)[O-])cc1. The fourth-order valence-corrected chi connectivity index (χ4v) is 3.82. The molecule has 9 nitrogen and oxygen atoms in total. The molecule has 0 aliphatic heterocycles. The summed E-state index contributed by atoms with van der Waals surface area (Å²) >= 11 is 1.44. The molecule has 0 spiro atoms. The summed E-state index contributed by atoms with van der Waals surface area (Å²) in [7, 11) is 0. The zero-order valence-electron chi connectivity index (χ0n) is 15.3. The number of hydrogen-bond acceptors (Lipinski definition) is 7. The standard InChI is InChI=1S/C18H22N6O3S/c25-16(20-10-9-19-13-3-5-15(6-4-13)24(26)27)11-28-18-22-21-17(12-1-2-12)23(18)14-7-8-14/h3-6,12,14,19H,1-2,7-11H2,(H,20,25). The summed E-state index contributed by atoms with van der Waals surface area (Å²) in [6.07, 6.45) is 4.73. The van der Waals surface area contributed by atoms with E-state index in [1.807, 2.05) is 0 Å². The van der Waals surface area contributed by atoms with Gasteiger partial charge < -0.3 is 15.2 Å². The lowest BCUT2D eigenvalue weighted by Crippen LogP contribution is -2.30. The van der Waals surface area contributed by atoms with Gasteiger partial charge in [-0.2, -0.15) is 0 Å². The number of carbonyl (C=O) groups is 1. The van der Waals surface area contributed by atoms with Crippen LogP contribution in [0.4, 0.5) is 11.4 Å². The summed E-state index contributed by atoms with van der Waals surface area (Å²) in [6.45, 7) is 1.01. The van der Waals surface area contributed by atoms with Crippen LogP contribution in [0.2, 0.25) is 0 Å². The smallest absolute Gasteiger partial charge is 0.269 e. The number of nitro groups is 1. The molecule has 2 saturated carbocycles. The van der Waals surface area contributed by atoms with Crippen LogP contribution in [-0.4, -0.2) is 44.4 Å². The van der Waals surface area contributed by atoms with Gasteiger partial charge in [0.1, 0.15) is 5.82 Å². The van der Waals surface area contributed by atoms with Gasteiger partial charge >= 0.3 is 0 Å². The summed E-state index contributed by atoms with van der Waals surface area (Å²) < 4.78 is 2.24. The van der Waals surface area contributed by atoms with Crippen LogP contribution in [0.25, 0.3) is 0 Å². The quantitative estimate of drug-likeness (QED) is 0.272. The molecule has 0 saturated heterocycles. The molecular formula is C18H22N6O3S. The van der Waals surface area contributed by atoms with Gasteiger partial charge in [0.15, 0.2) is 5.16 Å². The second-order valence-electron chi connectivity index (χ2n) is 7.09. The topological polar surface area (TPSA) is 115 Å². The van der Waals surface area contributed by atoms with Crippen LogP contribution in [0.15, 0.2) is 29.4 Å². The number of amides is 1. The van der Waals surface area contributed by atoms with Gasteiger partial charge in [-0.3, -0.25) is 14.9 Å². The number of non-ortho nitro benzene ring substituents is 1. The van der Waals surface area contributed by atoms with Gasteiger partial charge in [-0.05, 0) is 37.8 Å². The van der Waals surface area contributed by atoms with Crippen LogP contribution in [0, 0.1) is 10.1 Å². The lowest BCUT2D eigenvalue weighted by Gasteiger charge is -2.09. The van der Waals surface area contributed by atoms with Gasteiger partial charge in [0.05, 0.1) is 10.7 Å². The predicted octanol–water partition coefficient (Wildman–Crippen LogP) is 2.72. The summed E-state index contributed by atoms with van der Waals surface area (Å²) in [4.78, 5) is 22.3. The highest BCUT2D eigenvalue weighted by Gasteiger charge is 2.36. The number of thioether (sulfide) groups is 1. The van der Waals surface area contributed by atoms with Crippen molar-refractivity contribution in [1.29, 1.82) is 0 Å². The van der Waals surface area contributed by atoms with Crippen LogP contribution in [0.5, 0.6) is 0 Å². The Bertz CT molecular complexity index is 861. The van der Waals surface area contributed by atoms with Crippen molar-refractivity contribution in [3.8, 4) is 0 Å². The zero-order valence-corrected chi connectivity index (χ0v) is 16.2. The molecule has 2 aliphatic rings. The van der Waals surface area contributed by atoms with Gasteiger partial charge in [0.25, 0.3) is 5.69 Å². The molecule has 1 aromatic carbocycles.